The summed E-state index contributed by atoms with van der Waals surface area (Å²) < 4.78 is 0. The van der Waals surface area contributed by atoms with Gasteiger partial charge >= 0.3 is 0 Å². The van der Waals surface area contributed by atoms with Crippen molar-refractivity contribution in [2.75, 3.05) is 6.61 Å². The average Bonchev–Trinajstić information content (AvgIpc) is 3.41. The molecule has 1 fully saturated rings. The molecule has 4 rings (SSSR count). The highest BCUT2D eigenvalue weighted by Gasteiger charge is 2.28. The SMILES string of the molecule is C=C(CC1=CC=C(CCc2cccc(C(=O)C3CCC(C(C)=O)CC3)c2)C1)c1ccc(CCC(C)CO)cc1.N. The highest BCUT2D eigenvalue weighted by atomic mass is 16.3. The van der Waals surface area contributed by atoms with Crippen molar-refractivity contribution >= 4 is 17.1 Å². The molecule has 0 radical (unpaired) electrons. The molecule has 0 spiro atoms. The van der Waals surface area contributed by atoms with Crippen LogP contribution in [-0.4, -0.2) is 23.3 Å². The lowest BCUT2D eigenvalue weighted by atomic mass is 9.77. The summed E-state index contributed by atoms with van der Waals surface area (Å²) in [6.45, 7) is 8.36. The van der Waals surface area contributed by atoms with E-state index in [1.54, 1.807) is 6.92 Å². The second-order valence-electron chi connectivity index (χ2n) is 11.9. The molecule has 40 heavy (non-hydrogen) atoms. The van der Waals surface area contributed by atoms with E-state index < -0.39 is 0 Å². The summed E-state index contributed by atoms with van der Waals surface area (Å²) >= 11 is 0. The summed E-state index contributed by atoms with van der Waals surface area (Å²) in [6, 6.07) is 16.9. The summed E-state index contributed by atoms with van der Waals surface area (Å²) in [7, 11) is 0. The Morgan fingerprint density at radius 3 is 2.23 bits per heavy atom. The fourth-order valence-electron chi connectivity index (χ4n) is 5.91. The molecule has 1 saturated carbocycles. The number of hydrogen-bond acceptors (Lipinski definition) is 4. The molecule has 1 unspecified atom stereocenters. The third-order valence-electron chi connectivity index (χ3n) is 8.67. The fourth-order valence-corrected chi connectivity index (χ4v) is 5.91. The lowest BCUT2D eigenvalue weighted by Gasteiger charge is -2.26. The molecule has 0 bridgehead atoms. The number of benzene rings is 2. The minimum atomic E-state index is 0. The van der Waals surface area contributed by atoms with Gasteiger partial charge in [-0.25, -0.2) is 0 Å². The van der Waals surface area contributed by atoms with Gasteiger partial charge in [-0.2, -0.15) is 0 Å². The monoisotopic (exact) mass is 541 g/mol. The number of carbonyl (C=O) groups is 2. The van der Waals surface area contributed by atoms with Gasteiger partial charge in [0.15, 0.2) is 5.78 Å². The zero-order valence-electron chi connectivity index (χ0n) is 24.5. The number of aliphatic hydroxyl groups excluding tert-OH is 1. The molecule has 4 nitrogen and oxygen atoms in total. The van der Waals surface area contributed by atoms with E-state index >= 15 is 0 Å². The van der Waals surface area contributed by atoms with Gasteiger partial charge in [0.2, 0.25) is 0 Å². The molecule has 0 saturated heterocycles. The van der Waals surface area contributed by atoms with Crippen LogP contribution in [0.15, 0.2) is 78.4 Å². The maximum atomic E-state index is 13.1. The Morgan fingerprint density at radius 2 is 1.55 bits per heavy atom. The summed E-state index contributed by atoms with van der Waals surface area (Å²) in [5, 5.41) is 9.23. The van der Waals surface area contributed by atoms with Gasteiger partial charge in [0.05, 0.1) is 0 Å². The van der Waals surface area contributed by atoms with E-state index in [-0.39, 0.29) is 36.2 Å². The van der Waals surface area contributed by atoms with Crippen molar-refractivity contribution in [2.45, 2.75) is 78.1 Å². The predicted molar refractivity (Wildman–Crippen MR) is 166 cm³/mol. The summed E-state index contributed by atoms with van der Waals surface area (Å²) in [5.41, 5.74) is 8.52. The van der Waals surface area contributed by atoms with Gasteiger partial charge in [-0.05, 0) is 105 Å². The van der Waals surface area contributed by atoms with Crippen LogP contribution in [0.25, 0.3) is 5.57 Å². The molecule has 0 aromatic heterocycles. The average molecular weight is 542 g/mol. The number of aliphatic hydroxyl groups is 1. The van der Waals surface area contributed by atoms with Gasteiger partial charge in [-0.15, -0.1) is 0 Å². The van der Waals surface area contributed by atoms with Crippen LogP contribution < -0.4 is 6.15 Å². The van der Waals surface area contributed by atoms with E-state index in [4.69, 9.17) is 0 Å². The normalized spacial score (nSPS) is 19.3. The van der Waals surface area contributed by atoms with Crippen molar-refractivity contribution in [1.29, 1.82) is 0 Å². The van der Waals surface area contributed by atoms with Gasteiger partial charge in [0, 0.05) is 24.0 Å². The van der Waals surface area contributed by atoms with E-state index in [9.17, 15) is 14.7 Å². The van der Waals surface area contributed by atoms with Crippen LogP contribution in [0.2, 0.25) is 0 Å². The van der Waals surface area contributed by atoms with E-state index in [0.29, 0.717) is 5.92 Å². The number of Topliss-reactive ketones (excluding diaryl/α,β-unsaturated/α-hetero) is 2. The Kier molecular flexibility index (Phi) is 11.8. The number of carbonyl (C=O) groups excluding carboxylic acids is 2. The molecule has 2 aromatic rings. The minimum Gasteiger partial charge on any atom is -0.396 e. The summed E-state index contributed by atoms with van der Waals surface area (Å²) in [5.74, 6) is 1.05. The van der Waals surface area contributed by atoms with Crippen molar-refractivity contribution < 1.29 is 14.7 Å². The van der Waals surface area contributed by atoms with Crippen LogP contribution in [0.3, 0.4) is 0 Å². The quantitative estimate of drug-likeness (QED) is 0.250. The Hall–Kier alpha value is -3.08. The maximum absolute atomic E-state index is 13.1. The number of hydrogen-bond donors (Lipinski definition) is 2. The van der Waals surface area contributed by atoms with E-state index in [1.807, 2.05) is 12.1 Å². The highest BCUT2D eigenvalue weighted by Crippen LogP contribution is 2.33. The zero-order valence-corrected chi connectivity index (χ0v) is 24.5. The Bertz CT molecular complexity index is 1230. The second kappa shape index (κ2) is 15.1. The molecule has 2 aliphatic rings. The van der Waals surface area contributed by atoms with Crippen molar-refractivity contribution in [1.82, 2.24) is 6.15 Å². The van der Waals surface area contributed by atoms with Gasteiger partial charge < -0.3 is 11.3 Å². The first-order chi connectivity index (χ1) is 18.8. The Balaban J connectivity index is 0.00000441. The third-order valence-corrected chi connectivity index (χ3v) is 8.67. The lowest BCUT2D eigenvalue weighted by Crippen LogP contribution is -2.25. The molecule has 2 aromatic carbocycles. The molecular weight excluding hydrogens is 494 g/mol. The van der Waals surface area contributed by atoms with Crippen molar-refractivity contribution in [3.8, 4) is 0 Å². The van der Waals surface area contributed by atoms with Gasteiger partial charge in [0.25, 0.3) is 0 Å². The molecule has 1 atom stereocenters. The second-order valence-corrected chi connectivity index (χ2v) is 11.9. The first kappa shape index (κ1) is 31.4. The van der Waals surface area contributed by atoms with Gasteiger partial charge in [-0.1, -0.05) is 79.3 Å². The first-order valence-corrected chi connectivity index (χ1v) is 14.7. The Morgan fingerprint density at radius 1 is 0.875 bits per heavy atom. The molecule has 0 aliphatic heterocycles. The van der Waals surface area contributed by atoms with Crippen LogP contribution in [0, 0.1) is 17.8 Å². The molecule has 214 valence electrons. The lowest BCUT2D eigenvalue weighted by molar-refractivity contribution is -0.121. The Labute approximate surface area is 240 Å². The molecule has 4 heteroatoms. The molecule has 0 amide bonds. The van der Waals surface area contributed by atoms with Crippen molar-refractivity contribution in [2.24, 2.45) is 17.8 Å². The number of ketones is 2. The number of aryl methyl sites for hydroxylation is 2. The highest BCUT2D eigenvalue weighted by molar-refractivity contribution is 5.98. The molecule has 0 heterocycles. The predicted octanol–water partition coefficient (Wildman–Crippen LogP) is 8.28. The zero-order chi connectivity index (χ0) is 27.8. The molecule has 2 aliphatic carbocycles. The van der Waals surface area contributed by atoms with Crippen LogP contribution in [-0.2, 0) is 17.6 Å². The first-order valence-electron chi connectivity index (χ1n) is 14.7. The van der Waals surface area contributed by atoms with E-state index in [2.05, 4.69) is 62.1 Å². The minimum absolute atomic E-state index is 0. The van der Waals surface area contributed by atoms with Gasteiger partial charge in [0.1, 0.15) is 5.78 Å². The van der Waals surface area contributed by atoms with E-state index in [1.165, 1.54) is 27.8 Å². The number of allylic oxidation sites excluding steroid dienone is 5. The van der Waals surface area contributed by atoms with Crippen LogP contribution >= 0.6 is 0 Å². The summed E-state index contributed by atoms with van der Waals surface area (Å²) in [4.78, 5) is 24.8. The van der Waals surface area contributed by atoms with Crippen molar-refractivity contribution in [3.05, 3.63) is 101 Å². The largest absolute Gasteiger partial charge is 0.396 e. The summed E-state index contributed by atoms with van der Waals surface area (Å²) in [6.07, 6.45) is 13.7. The van der Waals surface area contributed by atoms with Crippen LogP contribution in [0.5, 0.6) is 0 Å². The maximum Gasteiger partial charge on any atom is 0.165 e. The fraction of sp³-hybridized carbons (Fsp3) is 0.444. The molecular formula is C36H47NO3. The van der Waals surface area contributed by atoms with Gasteiger partial charge in [-0.3, -0.25) is 9.59 Å². The number of rotatable bonds is 13. The standard InChI is InChI=1S/C36H44O3.H3N/c1-25(24-37)7-8-28-13-15-32(16-14-28)26(2)21-31-12-11-30(22-31)10-9-29-5-4-6-35(23-29)36(39)34-19-17-33(18-20-34)27(3)38;/h4-6,11-16,23,25,33-34,37H,2,7-10,17-22,24H2,1,3H3;1H3. The third kappa shape index (κ3) is 8.71. The smallest absolute Gasteiger partial charge is 0.165 e. The topological polar surface area (TPSA) is 89.4 Å². The van der Waals surface area contributed by atoms with Crippen molar-refractivity contribution in [3.63, 3.8) is 0 Å². The van der Waals surface area contributed by atoms with Crippen LogP contribution in [0.4, 0.5) is 0 Å². The molecule has 4 N–H and O–H groups in total. The van der Waals surface area contributed by atoms with E-state index in [0.717, 1.165) is 75.3 Å². The van der Waals surface area contributed by atoms with Crippen LogP contribution in [0.1, 0.15) is 92.3 Å².